The van der Waals surface area contributed by atoms with Crippen molar-refractivity contribution in [1.29, 1.82) is 0 Å². The molecule has 18 heavy (non-hydrogen) atoms. The fraction of sp³-hybridized carbons (Fsp3) is 0.385. The number of anilines is 1. The van der Waals surface area contributed by atoms with Gasteiger partial charge in [0.2, 0.25) is 11.8 Å². The number of nitrogens with zero attached hydrogens (tertiary/aromatic N) is 1. The highest BCUT2D eigenvalue weighted by Gasteiger charge is 2.27. The summed E-state index contributed by atoms with van der Waals surface area (Å²) in [4.78, 5) is 24.9. The van der Waals surface area contributed by atoms with Crippen LogP contribution < -0.4 is 10.2 Å². The van der Waals surface area contributed by atoms with Crippen LogP contribution in [0.3, 0.4) is 0 Å². The van der Waals surface area contributed by atoms with Crippen LogP contribution in [0.4, 0.5) is 10.1 Å². The molecule has 1 heterocycles. The molecular weight excluding hydrogens is 235 g/mol. The summed E-state index contributed by atoms with van der Waals surface area (Å²) in [6.45, 7) is 3.57. The van der Waals surface area contributed by atoms with E-state index in [1.807, 2.05) is 0 Å². The van der Waals surface area contributed by atoms with E-state index in [1.54, 1.807) is 26.0 Å². The Morgan fingerprint density at radius 1 is 1.39 bits per heavy atom. The van der Waals surface area contributed by atoms with E-state index >= 15 is 0 Å². The smallest absolute Gasteiger partial charge is 0.249 e. The zero-order valence-corrected chi connectivity index (χ0v) is 10.4. The quantitative estimate of drug-likeness (QED) is 0.818. The molecule has 2 rings (SSSR count). The Labute approximate surface area is 105 Å². The molecule has 1 fully saturated rings. The molecule has 1 unspecified atom stereocenters. The first-order valence-electron chi connectivity index (χ1n) is 5.86. The second-order valence-corrected chi connectivity index (χ2v) is 4.46. The maximum absolute atomic E-state index is 13.5. The van der Waals surface area contributed by atoms with Crippen molar-refractivity contribution < 1.29 is 14.0 Å². The van der Waals surface area contributed by atoms with Gasteiger partial charge in [0.25, 0.3) is 0 Å². The molecule has 0 bridgehead atoms. The van der Waals surface area contributed by atoms with Gasteiger partial charge in [-0.1, -0.05) is 6.07 Å². The topological polar surface area (TPSA) is 49.4 Å². The van der Waals surface area contributed by atoms with Gasteiger partial charge < -0.3 is 10.2 Å². The fourth-order valence-electron chi connectivity index (χ4n) is 1.94. The first kappa shape index (κ1) is 12.5. The van der Waals surface area contributed by atoms with Crippen molar-refractivity contribution in [2.75, 3.05) is 11.4 Å². The number of amides is 2. The molecular formula is C13H15FN2O2. The largest absolute Gasteiger partial charge is 0.345 e. The van der Waals surface area contributed by atoms with Crippen LogP contribution in [0.1, 0.15) is 18.9 Å². The molecule has 1 atom stereocenters. The van der Waals surface area contributed by atoms with Crippen LogP contribution in [0.25, 0.3) is 0 Å². The number of carbonyl (C=O) groups is 2. The summed E-state index contributed by atoms with van der Waals surface area (Å²) in [5.74, 6) is -0.730. The Balaban J connectivity index is 2.33. The van der Waals surface area contributed by atoms with Crippen molar-refractivity contribution >= 4 is 17.5 Å². The van der Waals surface area contributed by atoms with E-state index in [0.717, 1.165) is 0 Å². The number of halogens is 1. The number of rotatable bonds is 1. The monoisotopic (exact) mass is 250 g/mol. The van der Waals surface area contributed by atoms with Crippen molar-refractivity contribution in [3.63, 3.8) is 0 Å². The highest BCUT2D eigenvalue weighted by Crippen LogP contribution is 2.20. The normalized spacial score (nSPS) is 20.6. The lowest BCUT2D eigenvalue weighted by Gasteiger charge is -2.22. The van der Waals surface area contributed by atoms with Gasteiger partial charge in [-0.25, -0.2) is 4.39 Å². The Hall–Kier alpha value is -1.91. The maximum atomic E-state index is 13.5. The molecule has 0 spiro atoms. The zero-order chi connectivity index (χ0) is 13.3. The molecule has 1 aliphatic rings. The lowest BCUT2D eigenvalue weighted by atomic mass is 10.2. The summed E-state index contributed by atoms with van der Waals surface area (Å²) in [7, 11) is 0. The average Bonchev–Trinajstić information content (AvgIpc) is 2.44. The van der Waals surface area contributed by atoms with Crippen molar-refractivity contribution in [2.24, 2.45) is 0 Å². The molecule has 96 valence electrons. The van der Waals surface area contributed by atoms with Crippen molar-refractivity contribution in [1.82, 2.24) is 5.32 Å². The average molecular weight is 250 g/mol. The van der Waals surface area contributed by atoms with Crippen LogP contribution in [0.5, 0.6) is 0 Å². The Bertz CT molecular complexity index is 502. The molecule has 1 aromatic carbocycles. The van der Waals surface area contributed by atoms with E-state index in [9.17, 15) is 14.0 Å². The highest BCUT2D eigenvalue weighted by molar-refractivity contribution is 6.00. The number of hydrogen-bond acceptors (Lipinski definition) is 2. The summed E-state index contributed by atoms with van der Waals surface area (Å²) in [5, 5.41) is 2.59. The summed E-state index contributed by atoms with van der Waals surface area (Å²) in [6.07, 6.45) is 0.228. The van der Waals surface area contributed by atoms with Gasteiger partial charge in [0.1, 0.15) is 11.9 Å². The van der Waals surface area contributed by atoms with Gasteiger partial charge in [-0.3, -0.25) is 9.59 Å². The standard InChI is InChI=1S/C13H15FN2O2/c1-8-3-4-10(7-11(8)14)16-6-5-12(17)15-9(2)13(16)18/h3-4,7,9H,5-6H2,1-2H3,(H,15,17). The van der Waals surface area contributed by atoms with Crippen molar-refractivity contribution in [3.8, 4) is 0 Å². The second kappa shape index (κ2) is 4.76. The number of hydrogen-bond donors (Lipinski definition) is 1. The summed E-state index contributed by atoms with van der Waals surface area (Å²) in [5.41, 5.74) is 1.02. The number of carbonyl (C=O) groups excluding carboxylic acids is 2. The molecule has 5 heteroatoms. The lowest BCUT2D eigenvalue weighted by Crippen LogP contribution is -2.42. The summed E-state index contributed by atoms with van der Waals surface area (Å²) in [6, 6.07) is 4.07. The van der Waals surface area contributed by atoms with E-state index in [-0.39, 0.29) is 30.6 Å². The van der Waals surface area contributed by atoms with Crippen LogP contribution >= 0.6 is 0 Å². The first-order chi connectivity index (χ1) is 8.49. The minimum Gasteiger partial charge on any atom is -0.345 e. The molecule has 0 radical (unpaired) electrons. The zero-order valence-electron chi connectivity index (χ0n) is 10.4. The summed E-state index contributed by atoms with van der Waals surface area (Å²) >= 11 is 0. The molecule has 1 aromatic rings. The van der Waals surface area contributed by atoms with Gasteiger partial charge in [-0.2, -0.15) is 0 Å². The van der Waals surface area contributed by atoms with E-state index in [0.29, 0.717) is 11.3 Å². The van der Waals surface area contributed by atoms with Gasteiger partial charge in [-0.15, -0.1) is 0 Å². The van der Waals surface area contributed by atoms with Gasteiger partial charge in [0.15, 0.2) is 0 Å². The number of benzene rings is 1. The van der Waals surface area contributed by atoms with E-state index in [2.05, 4.69) is 5.32 Å². The second-order valence-electron chi connectivity index (χ2n) is 4.46. The Kier molecular flexibility index (Phi) is 3.32. The van der Waals surface area contributed by atoms with Crippen LogP contribution in [0, 0.1) is 12.7 Å². The van der Waals surface area contributed by atoms with Gasteiger partial charge >= 0.3 is 0 Å². The third kappa shape index (κ3) is 2.34. The highest BCUT2D eigenvalue weighted by atomic mass is 19.1. The van der Waals surface area contributed by atoms with E-state index in [4.69, 9.17) is 0 Å². The minimum absolute atomic E-state index is 0.161. The molecule has 1 saturated heterocycles. The van der Waals surface area contributed by atoms with E-state index in [1.165, 1.54) is 11.0 Å². The number of aryl methyl sites for hydroxylation is 1. The molecule has 0 saturated carbocycles. The SMILES string of the molecule is Cc1ccc(N2CCC(=O)NC(C)C2=O)cc1F. The van der Waals surface area contributed by atoms with Gasteiger partial charge in [-0.05, 0) is 31.5 Å². The Morgan fingerprint density at radius 2 is 2.11 bits per heavy atom. The summed E-state index contributed by atoms with van der Waals surface area (Å²) < 4.78 is 13.5. The van der Waals surface area contributed by atoms with E-state index < -0.39 is 6.04 Å². The maximum Gasteiger partial charge on any atom is 0.249 e. The predicted octanol–water partition coefficient (Wildman–Crippen LogP) is 1.38. The molecule has 0 aromatic heterocycles. The third-order valence-corrected chi connectivity index (χ3v) is 3.04. The molecule has 2 amide bonds. The molecule has 4 nitrogen and oxygen atoms in total. The van der Waals surface area contributed by atoms with Crippen LogP contribution in [0.2, 0.25) is 0 Å². The number of nitrogens with one attached hydrogen (secondary N) is 1. The van der Waals surface area contributed by atoms with Crippen LogP contribution in [0.15, 0.2) is 18.2 Å². The van der Waals surface area contributed by atoms with Gasteiger partial charge in [0.05, 0.1) is 0 Å². The first-order valence-corrected chi connectivity index (χ1v) is 5.86. The van der Waals surface area contributed by atoms with Crippen LogP contribution in [-0.2, 0) is 9.59 Å². The molecule has 1 aliphatic heterocycles. The van der Waals surface area contributed by atoms with Crippen LogP contribution in [-0.4, -0.2) is 24.4 Å². The van der Waals surface area contributed by atoms with Gasteiger partial charge in [0, 0.05) is 18.7 Å². The van der Waals surface area contributed by atoms with Crippen molar-refractivity contribution in [3.05, 3.63) is 29.6 Å². The lowest BCUT2D eigenvalue weighted by molar-refractivity contribution is -0.125. The Morgan fingerprint density at radius 3 is 2.78 bits per heavy atom. The third-order valence-electron chi connectivity index (χ3n) is 3.04. The molecule has 1 N–H and O–H groups in total. The fourth-order valence-corrected chi connectivity index (χ4v) is 1.94. The molecule has 0 aliphatic carbocycles. The minimum atomic E-state index is -0.579. The van der Waals surface area contributed by atoms with Crippen molar-refractivity contribution in [2.45, 2.75) is 26.3 Å². The predicted molar refractivity (Wildman–Crippen MR) is 65.7 cm³/mol.